The first-order valence-electron chi connectivity index (χ1n) is 19.3. The minimum Gasteiger partial charge on any atom is -0.0622 e. The van der Waals surface area contributed by atoms with E-state index in [4.69, 9.17) is 0 Å². The van der Waals surface area contributed by atoms with Gasteiger partial charge < -0.3 is 0 Å². The highest BCUT2D eigenvalue weighted by molar-refractivity contribution is 6.21. The first-order valence-corrected chi connectivity index (χ1v) is 19.3. The summed E-state index contributed by atoms with van der Waals surface area (Å²) in [4.78, 5) is 0. The minimum absolute atomic E-state index is 0.396. The molecule has 0 saturated heterocycles. The summed E-state index contributed by atoms with van der Waals surface area (Å²) in [5.41, 5.74) is 17.9. The predicted octanol–water partition coefficient (Wildman–Crippen LogP) is 14.5. The van der Waals surface area contributed by atoms with Gasteiger partial charge in [0, 0.05) is 0 Å². The lowest BCUT2D eigenvalue weighted by molar-refractivity contribution is 0.773. The zero-order valence-electron chi connectivity index (χ0n) is 30.1. The van der Waals surface area contributed by atoms with Gasteiger partial charge in [0.05, 0.1) is 5.41 Å². The van der Waals surface area contributed by atoms with Crippen molar-refractivity contribution in [1.29, 1.82) is 0 Å². The van der Waals surface area contributed by atoms with Gasteiger partial charge in [-0.2, -0.15) is 0 Å². The largest absolute Gasteiger partial charge is 0.0725 e. The Morgan fingerprint density at radius 3 is 1.15 bits per heavy atom. The van der Waals surface area contributed by atoms with E-state index < -0.39 is 5.41 Å². The van der Waals surface area contributed by atoms with Crippen LogP contribution in [0.5, 0.6) is 0 Å². The second-order valence-corrected chi connectivity index (χ2v) is 15.1. The molecule has 0 N–H and O–H groups in total. The van der Waals surface area contributed by atoms with Crippen LogP contribution < -0.4 is 0 Å². The standard InChI is InChI=1S/C55H34/c1-2-15-36(16-3-1)52-43-20-4-6-22-45(43)53(46-23-7-5-21-44(46)52)37-31-29-35(30-32-37)38-33-34-47-41-19-10-13-27-50(41)55(51-28-14-24-42(38)54(47)51)48-25-11-8-17-39(48)40-18-9-12-26-49(40)55/h1-34H. The Bertz CT molecular complexity index is 3080. The molecule has 0 nitrogen and oxygen atoms in total. The highest BCUT2D eigenvalue weighted by Crippen LogP contribution is 2.62. The number of hydrogen-bond donors (Lipinski definition) is 0. The zero-order chi connectivity index (χ0) is 36.1. The highest BCUT2D eigenvalue weighted by atomic mass is 14.5. The first kappa shape index (κ1) is 30.4. The van der Waals surface area contributed by atoms with E-state index in [0.717, 1.165) is 0 Å². The SMILES string of the molecule is c1ccc(-c2c3ccccc3c(-c3ccc(-c4ccc5c6c(cccc46)C4(c6ccccc6-c6ccccc64)c4ccccc4-5)cc3)c3ccccc23)cc1. The molecule has 10 aromatic rings. The maximum absolute atomic E-state index is 2.39. The zero-order valence-corrected chi connectivity index (χ0v) is 30.1. The summed E-state index contributed by atoms with van der Waals surface area (Å²) in [6, 6.07) is 76.9. The maximum Gasteiger partial charge on any atom is 0.0725 e. The van der Waals surface area contributed by atoms with Gasteiger partial charge in [0.25, 0.3) is 0 Å². The molecular formula is C55H34. The number of hydrogen-bond acceptors (Lipinski definition) is 0. The van der Waals surface area contributed by atoms with Gasteiger partial charge in [-0.3, -0.25) is 0 Å². The molecule has 0 radical (unpaired) electrons. The van der Waals surface area contributed by atoms with Gasteiger partial charge in [-0.1, -0.05) is 206 Å². The molecule has 0 atom stereocenters. The summed E-state index contributed by atoms with van der Waals surface area (Å²) < 4.78 is 0. The Morgan fingerprint density at radius 2 is 0.600 bits per heavy atom. The molecule has 55 heavy (non-hydrogen) atoms. The first-order chi connectivity index (χ1) is 27.3. The van der Waals surface area contributed by atoms with Crippen LogP contribution in [0.2, 0.25) is 0 Å². The van der Waals surface area contributed by atoms with Crippen LogP contribution in [0.15, 0.2) is 206 Å². The molecule has 10 aromatic carbocycles. The van der Waals surface area contributed by atoms with Gasteiger partial charge in [0.2, 0.25) is 0 Å². The van der Waals surface area contributed by atoms with Crippen molar-refractivity contribution in [3.63, 3.8) is 0 Å². The molecule has 0 fully saturated rings. The molecule has 0 aromatic heterocycles. The molecule has 0 heterocycles. The summed E-state index contributed by atoms with van der Waals surface area (Å²) in [5.74, 6) is 0. The van der Waals surface area contributed by atoms with Crippen LogP contribution in [-0.4, -0.2) is 0 Å². The maximum atomic E-state index is 2.39. The van der Waals surface area contributed by atoms with E-state index in [2.05, 4.69) is 206 Å². The van der Waals surface area contributed by atoms with Crippen molar-refractivity contribution in [2.24, 2.45) is 0 Å². The molecule has 2 aliphatic rings. The monoisotopic (exact) mass is 694 g/mol. The Balaban J connectivity index is 1.08. The van der Waals surface area contributed by atoms with Crippen LogP contribution in [0.1, 0.15) is 22.3 Å². The predicted molar refractivity (Wildman–Crippen MR) is 232 cm³/mol. The fraction of sp³-hybridized carbons (Fsp3) is 0.0182. The molecular weight excluding hydrogens is 661 g/mol. The lowest BCUT2D eigenvalue weighted by atomic mass is 9.61. The lowest BCUT2D eigenvalue weighted by Gasteiger charge is -2.40. The third kappa shape index (κ3) is 4.06. The van der Waals surface area contributed by atoms with Crippen LogP contribution in [0.4, 0.5) is 0 Å². The lowest BCUT2D eigenvalue weighted by Crippen LogP contribution is -2.31. The highest BCUT2D eigenvalue weighted by Gasteiger charge is 2.49. The van der Waals surface area contributed by atoms with Crippen LogP contribution in [0, 0.1) is 0 Å². The van der Waals surface area contributed by atoms with Crippen LogP contribution in [0.3, 0.4) is 0 Å². The molecule has 254 valence electrons. The Morgan fingerprint density at radius 1 is 0.218 bits per heavy atom. The molecule has 0 aliphatic heterocycles. The minimum atomic E-state index is -0.396. The quantitative estimate of drug-likeness (QED) is 0.162. The average molecular weight is 695 g/mol. The van der Waals surface area contributed by atoms with Crippen LogP contribution in [0.25, 0.3) is 88.0 Å². The molecule has 1 spiro atoms. The van der Waals surface area contributed by atoms with Crippen molar-refractivity contribution in [3.8, 4) is 55.6 Å². The van der Waals surface area contributed by atoms with E-state index in [1.54, 1.807) is 0 Å². The molecule has 0 bridgehead atoms. The Hall–Kier alpha value is -7.02. The molecule has 0 saturated carbocycles. The molecule has 0 amide bonds. The van der Waals surface area contributed by atoms with Crippen LogP contribution >= 0.6 is 0 Å². The fourth-order valence-corrected chi connectivity index (χ4v) is 10.4. The molecule has 12 rings (SSSR count). The Labute approximate surface area is 320 Å². The second kappa shape index (κ2) is 11.5. The van der Waals surface area contributed by atoms with E-state index >= 15 is 0 Å². The van der Waals surface area contributed by atoms with Crippen molar-refractivity contribution in [2.45, 2.75) is 5.41 Å². The molecule has 2 aliphatic carbocycles. The summed E-state index contributed by atoms with van der Waals surface area (Å²) in [5, 5.41) is 7.74. The summed E-state index contributed by atoms with van der Waals surface area (Å²) in [6.45, 7) is 0. The van der Waals surface area contributed by atoms with Crippen molar-refractivity contribution in [3.05, 3.63) is 229 Å². The smallest absolute Gasteiger partial charge is 0.0622 e. The van der Waals surface area contributed by atoms with E-state index in [9.17, 15) is 0 Å². The van der Waals surface area contributed by atoms with E-state index in [-0.39, 0.29) is 0 Å². The van der Waals surface area contributed by atoms with E-state index in [0.29, 0.717) is 0 Å². The normalized spacial score (nSPS) is 13.2. The summed E-state index contributed by atoms with van der Waals surface area (Å²) >= 11 is 0. The molecule has 0 heteroatoms. The van der Waals surface area contributed by atoms with E-state index in [1.165, 1.54) is 110 Å². The summed E-state index contributed by atoms with van der Waals surface area (Å²) in [7, 11) is 0. The van der Waals surface area contributed by atoms with Gasteiger partial charge in [-0.15, -0.1) is 0 Å². The third-order valence-electron chi connectivity index (χ3n) is 12.5. The topological polar surface area (TPSA) is 0 Å². The fourth-order valence-electron chi connectivity index (χ4n) is 10.4. The van der Waals surface area contributed by atoms with Crippen LogP contribution in [-0.2, 0) is 5.41 Å². The van der Waals surface area contributed by atoms with Gasteiger partial charge in [-0.25, -0.2) is 0 Å². The van der Waals surface area contributed by atoms with Crippen molar-refractivity contribution < 1.29 is 0 Å². The third-order valence-corrected chi connectivity index (χ3v) is 12.5. The Kier molecular flexibility index (Phi) is 6.36. The number of fused-ring (bicyclic) bond motifs is 11. The van der Waals surface area contributed by atoms with Gasteiger partial charge >= 0.3 is 0 Å². The van der Waals surface area contributed by atoms with E-state index in [1.807, 2.05) is 0 Å². The molecule has 0 unspecified atom stereocenters. The van der Waals surface area contributed by atoms with Crippen molar-refractivity contribution in [1.82, 2.24) is 0 Å². The van der Waals surface area contributed by atoms with Gasteiger partial charge in [-0.05, 0) is 110 Å². The van der Waals surface area contributed by atoms with Crippen molar-refractivity contribution in [2.75, 3.05) is 0 Å². The summed E-state index contributed by atoms with van der Waals surface area (Å²) in [6.07, 6.45) is 0. The second-order valence-electron chi connectivity index (χ2n) is 15.1. The van der Waals surface area contributed by atoms with Gasteiger partial charge in [0.1, 0.15) is 0 Å². The average Bonchev–Trinajstić information content (AvgIpc) is 3.55. The number of rotatable bonds is 3. The number of benzene rings is 10. The van der Waals surface area contributed by atoms with Crippen molar-refractivity contribution >= 4 is 32.3 Å². The van der Waals surface area contributed by atoms with Gasteiger partial charge in [0.15, 0.2) is 0 Å².